The number of phenols is 1. The number of halogens is 1. The second-order valence-electron chi connectivity index (χ2n) is 4.92. The molecule has 0 fully saturated rings. The van der Waals surface area contributed by atoms with E-state index in [9.17, 15) is 5.11 Å². The van der Waals surface area contributed by atoms with Crippen molar-refractivity contribution in [2.24, 2.45) is 0 Å². The van der Waals surface area contributed by atoms with E-state index in [1.807, 2.05) is 24.3 Å². The SMILES string of the molecule is CCN1C[C@@H](CCl)c2c1cc(O)c1cccc(S)c21. The third-order valence-electron chi connectivity index (χ3n) is 3.89. The molecular weight excluding hydrogens is 278 g/mol. The van der Waals surface area contributed by atoms with E-state index < -0.39 is 0 Å². The number of thiol groups is 1. The van der Waals surface area contributed by atoms with Gasteiger partial charge in [-0.2, -0.15) is 0 Å². The lowest BCUT2D eigenvalue weighted by Crippen LogP contribution is -2.21. The van der Waals surface area contributed by atoms with E-state index in [1.165, 1.54) is 5.56 Å². The lowest BCUT2D eigenvalue weighted by Gasteiger charge is -2.18. The van der Waals surface area contributed by atoms with Crippen molar-refractivity contribution in [3.05, 3.63) is 29.8 Å². The summed E-state index contributed by atoms with van der Waals surface area (Å²) in [6.07, 6.45) is 0. The van der Waals surface area contributed by atoms with Crippen LogP contribution in [0, 0.1) is 0 Å². The Hall–Kier alpha value is -1.06. The van der Waals surface area contributed by atoms with E-state index in [4.69, 9.17) is 11.6 Å². The fourth-order valence-corrected chi connectivity index (χ4v) is 3.58. The van der Waals surface area contributed by atoms with Gasteiger partial charge in [0.2, 0.25) is 0 Å². The van der Waals surface area contributed by atoms with Crippen LogP contribution in [0.2, 0.25) is 0 Å². The molecule has 0 unspecified atom stereocenters. The number of hydrogen-bond donors (Lipinski definition) is 2. The second-order valence-corrected chi connectivity index (χ2v) is 5.71. The minimum absolute atomic E-state index is 0.299. The first-order chi connectivity index (χ1) is 9.17. The Balaban J connectivity index is 2.39. The van der Waals surface area contributed by atoms with E-state index in [0.717, 1.165) is 34.4 Å². The summed E-state index contributed by atoms with van der Waals surface area (Å²) in [7, 11) is 0. The number of nitrogens with zero attached hydrogens (tertiary/aromatic N) is 1. The van der Waals surface area contributed by atoms with Gasteiger partial charge in [0.15, 0.2) is 0 Å². The van der Waals surface area contributed by atoms with Gasteiger partial charge in [-0.25, -0.2) is 0 Å². The van der Waals surface area contributed by atoms with Crippen molar-refractivity contribution in [3.63, 3.8) is 0 Å². The molecule has 0 radical (unpaired) electrons. The van der Waals surface area contributed by atoms with E-state index >= 15 is 0 Å². The van der Waals surface area contributed by atoms with Gasteiger partial charge in [-0.3, -0.25) is 0 Å². The van der Waals surface area contributed by atoms with Crippen LogP contribution in [0.3, 0.4) is 0 Å². The lowest BCUT2D eigenvalue weighted by atomic mass is 9.95. The molecule has 1 aliphatic rings. The van der Waals surface area contributed by atoms with Crippen molar-refractivity contribution in [2.45, 2.75) is 17.7 Å². The minimum Gasteiger partial charge on any atom is -0.507 e. The van der Waals surface area contributed by atoms with Gasteiger partial charge >= 0.3 is 0 Å². The number of alkyl halides is 1. The molecule has 1 aliphatic heterocycles. The molecule has 3 rings (SSSR count). The molecule has 0 saturated heterocycles. The Labute approximate surface area is 123 Å². The maximum atomic E-state index is 10.2. The summed E-state index contributed by atoms with van der Waals surface area (Å²) in [4.78, 5) is 3.17. The zero-order valence-corrected chi connectivity index (χ0v) is 12.4. The molecule has 4 heteroatoms. The normalized spacial score (nSPS) is 18.1. The number of aromatic hydroxyl groups is 1. The summed E-state index contributed by atoms with van der Waals surface area (Å²) in [5, 5.41) is 12.1. The molecule has 0 bridgehead atoms. The highest BCUT2D eigenvalue weighted by Gasteiger charge is 2.30. The maximum absolute atomic E-state index is 10.2. The topological polar surface area (TPSA) is 23.5 Å². The Bertz CT molecular complexity index is 644. The van der Waals surface area contributed by atoms with Crippen LogP contribution in [-0.4, -0.2) is 24.1 Å². The smallest absolute Gasteiger partial charge is 0.125 e. The molecule has 2 nitrogen and oxygen atoms in total. The highest BCUT2D eigenvalue weighted by Crippen LogP contribution is 2.46. The third-order valence-corrected chi connectivity index (χ3v) is 4.64. The molecule has 2 aromatic carbocycles. The van der Waals surface area contributed by atoms with Crippen molar-refractivity contribution >= 4 is 40.7 Å². The summed E-state index contributed by atoms with van der Waals surface area (Å²) in [5.41, 5.74) is 2.33. The Morgan fingerprint density at radius 2 is 2.26 bits per heavy atom. The molecule has 1 N–H and O–H groups in total. The van der Waals surface area contributed by atoms with Gasteiger partial charge in [-0.1, -0.05) is 12.1 Å². The molecule has 1 atom stereocenters. The van der Waals surface area contributed by atoms with Gasteiger partial charge < -0.3 is 10.0 Å². The molecule has 19 heavy (non-hydrogen) atoms. The van der Waals surface area contributed by atoms with Crippen LogP contribution in [0.5, 0.6) is 5.75 Å². The number of rotatable bonds is 2. The average molecular weight is 294 g/mol. The zero-order valence-electron chi connectivity index (χ0n) is 10.7. The van der Waals surface area contributed by atoms with Crippen LogP contribution >= 0.6 is 24.2 Å². The van der Waals surface area contributed by atoms with Gasteiger partial charge in [0.05, 0.1) is 0 Å². The Morgan fingerprint density at radius 3 is 2.95 bits per heavy atom. The molecule has 0 amide bonds. The van der Waals surface area contributed by atoms with Crippen LogP contribution in [-0.2, 0) is 0 Å². The number of anilines is 1. The largest absolute Gasteiger partial charge is 0.507 e. The molecule has 0 saturated carbocycles. The molecule has 0 aliphatic carbocycles. The first-order valence-electron chi connectivity index (χ1n) is 6.45. The number of phenolic OH excluding ortho intramolecular Hbond substituents is 1. The van der Waals surface area contributed by atoms with Gasteiger partial charge in [0, 0.05) is 52.3 Å². The predicted molar refractivity (Wildman–Crippen MR) is 84.2 cm³/mol. The van der Waals surface area contributed by atoms with E-state index in [1.54, 1.807) is 0 Å². The number of hydrogen-bond acceptors (Lipinski definition) is 3. The van der Waals surface area contributed by atoms with Gasteiger partial charge in [0.1, 0.15) is 5.75 Å². The second kappa shape index (κ2) is 4.80. The standard InChI is InChI=1S/C15H16ClNOS/c1-2-17-8-9(7-16)14-11(17)6-12(18)10-4-3-5-13(19)15(10)14/h3-6,9,18-19H,2,7-8H2,1H3/t9-/m1/s1. The lowest BCUT2D eigenvalue weighted by molar-refractivity contribution is 0.481. The molecule has 1 heterocycles. The fourth-order valence-electron chi connectivity index (χ4n) is 3.01. The highest BCUT2D eigenvalue weighted by atomic mass is 35.5. The summed E-state index contributed by atoms with van der Waals surface area (Å²) in [6.45, 7) is 3.95. The Morgan fingerprint density at radius 1 is 1.47 bits per heavy atom. The first kappa shape index (κ1) is 12.9. The number of fused-ring (bicyclic) bond motifs is 3. The maximum Gasteiger partial charge on any atom is 0.125 e. The number of likely N-dealkylation sites (N-methyl/N-ethyl adjacent to an activating group) is 1. The van der Waals surface area contributed by atoms with Crippen LogP contribution in [0.4, 0.5) is 5.69 Å². The molecule has 2 aromatic rings. The van der Waals surface area contributed by atoms with Crippen LogP contribution in [0.1, 0.15) is 18.4 Å². The van der Waals surface area contributed by atoms with Crippen molar-refractivity contribution < 1.29 is 5.11 Å². The van der Waals surface area contributed by atoms with Crippen molar-refractivity contribution in [2.75, 3.05) is 23.9 Å². The monoisotopic (exact) mass is 293 g/mol. The molecule has 0 aromatic heterocycles. The first-order valence-corrected chi connectivity index (χ1v) is 7.44. The van der Waals surface area contributed by atoms with Crippen molar-refractivity contribution in [3.8, 4) is 5.75 Å². The Kier molecular flexibility index (Phi) is 3.27. The summed E-state index contributed by atoms with van der Waals surface area (Å²) in [6, 6.07) is 7.68. The fraction of sp³-hybridized carbons (Fsp3) is 0.333. The van der Waals surface area contributed by atoms with Crippen LogP contribution in [0.25, 0.3) is 10.8 Å². The molecular formula is C15H16ClNOS. The highest BCUT2D eigenvalue weighted by molar-refractivity contribution is 7.80. The third kappa shape index (κ3) is 1.87. The van der Waals surface area contributed by atoms with Crippen molar-refractivity contribution in [1.29, 1.82) is 0 Å². The van der Waals surface area contributed by atoms with Gasteiger partial charge in [-0.05, 0) is 18.6 Å². The van der Waals surface area contributed by atoms with Crippen LogP contribution in [0.15, 0.2) is 29.2 Å². The number of benzene rings is 2. The summed E-state index contributed by atoms with van der Waals surface area (Å²) in [5.74, 6) is 1.21. The quantitative estimate of drug-likeness (QED) is 0.646. The summed E-state index contributed by atoms with van der Waals surface area (Å²) < 4.78 is 0. The molecule has 0 spiro atoms. The van der Waals surface area contributed by atoms with Crippen LogP contribution < -0.4 is 4.90 Å². The predicted octanol–water partition coefficient (Wildman–Crippen LogP) is 4.00. The van der Waals surface area contributed by atoms with Gasteiger partial charge in [0.25, 0.3) is 0 Å². The zero-order chi connectivity index (χ0) is 13.6. The van der Waals surface area contributed by atoms with E-state index in [2.05, 4.69) is 24.5 Å². The van der Waals surface area contributed by atoms with E-state index in [-0.39, 0.29) is 0 Å². The summed E-state index contributed by atoms with van der Waals surface area (Å²) >= 11 is 10.7. The van der Waals surface area contributed by atoms with Gasteiger partial charge in [-0.15, -0.1) is 24.2 Å². The van der Waals surface area contributed by atoms with E-state index in [0.29, 0.717) is 17.5 Å². The average Bonchev–Trinajstić information content (AvgIpc) is 2.77. The van der Waals surface area contributed by atoms with Crippen molar-refractivity contribution in [1.82, 2.24) is 0 Å². The minimum atomic E-state index is 0.299. The molecule has 100 valence electrons.